The van der Waals surface area contributed by atoms with Crippen LogP contribution in [0.1, 0.15) is 31.3 Å². The van der Waals surface area contributed by atoms with Gasteiger partial charge in [-0.25, -0.2) is 4.98 Å². The maximum Gasteiger partial charge on any atom is 0.258 e. The van der Waals surface area contributed by atoms with Crippen molar-refractivity contribution in [3.8, 4) is 0 Å². The van der Waals surface area contributed by atoms with Crippen LogP contribution < -0.4 is 10.2 Å². The number of hydrogen-bond donors (Lipinski definition) is 1. The highest BCUT2D eigenvalue weighted by Gasteiger charge is 2.25. The van der Waals surface area contributed by atoms with Gasteiger partial charge in [0, 0.05) is 48.6 Å². The van der Waals surface area contributed by atoms with Gasteiger partial charge in [0.1, 0.15) is 0 Å². The minimum atomic E-state index is -0.152. The third kappa shape index (κ3) is 3.79. The van der Waals surface area contributed by atoms with E-state index in [-0.39, 0.29) is 11.8 Å². The Kier molecular flexibility index (Phi) is 5.15. The molecule has 0 radical (unpaired) electrons. The van der Waals surface area contributed by atoms with Crippen molar-refractivity contribution < 1.29 is 9.59 Å². The SMILES string of the molecule is CN(C)c1ccc(C(=O)N2CCc3nc(NC(=O)c4ccsc4)sc3C2)cc1. The number of fused-ring (bicyclic) bond motifs is 1. The van der Waals surface area contributed by atoms with Crippen LogP contribution in [0.5, 0.6) is 0 Å². The maximum atomic E-state index is 12.9. The summed E-state index contributed by atoms with van der Waals surface area (Å²) in [5.74, 6) is -0.130. The highest BCUT2D eigenvalue weighted by atomic mass is 32.1. The molecule has 0 spiro atoms. The number of nitrogens with zero attached hydrogens (tertiary/aromatic N) is 3. The third-order valence-electron chi connectivity index (χ3n) is 4.65. The molecule has 8 heteroatoms. The summed E-state index contributed by atoms with van der Waals surface area (Å²) in [4.78, 5) is 34.5. The van der Waals surface area contributed by atoms with Gasteiger partial charge in [0.05, 0.1) is 17.8 Å². The van der Waals surface area contributed by atoms with Crippen molar-refractivity contribution in [1.29, 1.82) is 0 Å². The molecule has 4 rings (SSSR count). The topological polar surface area (TPSA) is 65.5 Å². The van der Waals surface area contributed by atoms with E-state index in [9.17, 15) is 9.59 Å². The molecule has 0 fully saturated rings. The zero-order valence-corrected chi connectivity index (χ0v) is 17.3. The summed E-state index contributed by atoms with van der Waals surface area (Å²) in [6.07, 6.45) is 0.696. The van der Waals surface area contributed by atoms with Crippen molar-refractivity contribution in [2.45, 2.75) is 13.0 Å². The highest BCUT2D eigenvalue weighted by Crippen LogP contribution is 2.29. The zero-order chi connectivity index (χ0) is 19.7. The normalized spacial score (nSPS) is 13.1. The van der Waals surface area contributed by atoms with Crippen LogP contribution in [0.15, 0.2) is 41.1 Å². The fraction of sp³-hybridized carbons (Fsp3) is 0.250. The second-order valence-corrected chi connectivity index (χ2v) is 8.64. The molecule has 144 valence electrons. The third-order valence-corrected chi connectivity index (χ3v) is 6.33. The molecule has 0 saturated heterocycles. The molecular formula is C20H20N4O2S2. The maximum absolute atomic E-state index is 12.9. The van der Waals surface area contributed by atoms with Gasteiger partial charge in [0.2, 0.25) is 0 Å². The number of anilines is 2. The average molecular weight is 413 g/mol. The molecule has 0 unspecified atom stereocenters. The van der Waals surface area contributed by atoms with Gasteiger partial charge in [-0.3, -0.25) is 14.9 Å². The van der Waals surface area contributed by atoms with Crippen LogP contribution in [0.4, 0.5) is 10.8 Å². The molecule has 1 N–H and O–H groups in total. The fourth-order valence-corrected chi connectivity index (χ4v) is 4.72. The number of carbonyl (C=O) groups is 2. The summed E-state index contributed by atoms with van der Waals surface area (Å²) >= 11 is 2.93. The molecule has 0 aliphatic carbocycles. The predicted molar refractivity (Wildman–Crippen MR) is 114 cm³/mol. The van der Waals surface area contributed by atoms with Gasteiger partial charge in [-0.2, -0.15) is 11.3 Å². The minimum Gasteiger partial charge on any atom is -0.378 e. The van der Waals surface area contributed by atoms with Crippen LogP contribution >= 0.6 is 22.7 Å². The van der Waals surface area contributed by atoms with E-state index < -0.39 is 0 Å². The number of aromatic nitrogens is 1. The second-order valence-electron chi connectivity index (χ2n) is 6.77. The Bertz CT molecular complexity index is 994. The molecule has 28 heavy (non-hydrogen) atoms. The number of benzene rings is 1. The van der Waals surface area contributed by atoms with Crippen LogP contribution in [0.2, 0.25) is 0 Å². The van der Waals surface area contributed by atoms with Crippen LogP contribution in [0, 0.1) is 0 Å². The Morgan fingerprint density at radius 3 is 2.61 bits per heavy atom. The van der Waals surface area contributed by atoms with Crippen molar-refractivity contribution in [3.63, 3.8) is 0 Å². The molecule has 2 amide bonds. The molecule has 1 aromatic carbocycles. The minimum absolute atomic E-state index is 0.0215. The summed E-state index contributed by atoms with van der Waals surface area (Å²) < 4.78 is 0. The van der Waals surface area contributed by atoms with Crippen LogP contribution in [-0.4, -0.2) is 42.3 Å². The zero-order valence-electron chi connectivity index (χ0n) is 15.6. The molecular weight excluding hydrogens is 392 g/mol. The van der Waals surface area contributed by atoms with E-state index >= 15 is 0 Å². The van der Waals surface area contributed by atoms with Crippen LogP contribution in [0.3, 0.4) is 0 Å². The number of rotatable bonds is 4. The second kappa shape index (κ2) is 7.73. The number of carbonyl (C=O) groups excluding carboxylic acids is 2. The monoisotopic (exact) mass is 412 g/mol. The highest BCUT2D eigenvalue weighted by molar-refractivity contribution is 7.16. The van der Waals surface area contributed by atoms with E-state index in [0.717, 1.165) is 16.3 Å². The summed E-state index contributed by atoms with van der Waals surface area (Å²) in [6.45, 7) is 1.15. The molecule has 0 atom stereocenters. The van der Waals surface area contributed by atoms with E-state index in [1.165, 1.54) is 22.7 Å². The first kappa shape index (κ1) is 18.6. The van der Waals surface area contributed by atoms with Gasteiger partial charge in [-0.15, -0.1) is 0 Å². The van der Waals surface area contributed by atoms with E-state index in [4.69, 9.17) is 0 Å². The van der Waals surface area contributed by atoms with Gasteiger partial charge < -0.3 is 9.80 Å². The van der Waals surface area contributed by atoms with Crippen LogP contribution in [0.25, 0.3) is 0 Å². The van der Waals surface area contributed by atoms with Gasteiger partial charge in [0.25, 0.3) is 11.8 Å². The first-order chi connectivity index (χ1) is 13.5. The van der Waals surface area contributed by atoms with E-state index in [2.05, 4.69) is 10.3 Å². The van der Waals surface area contributed by atoms with Gasteiger partial charge in [-0.05, 0) is 35.7 Å². The number of nitrogens with one attached hydrogen (secondary N) is 1. The smallest absolute Gasteiger partial charge is 0.258 e. The molecule has 3 heterocycles. The first-order valence-electron chi connectivity index (χ1n) is 8.90. The van der Waals surface area contributed by atoms with E-state index in [0.29, 0.717) is 35.8 Å². The Hall–Kier alpha value is -2.71. The number of thiophene rings is 1. The Balaban J connectivity index is 1.45. The molecule has 1 aliphatic rings. The first-order valence-corrected chi connectivity index (χ1v) is 10.7. The fourth-order valence-electron chi connectivity index (χ4n) is 3.07. The lowest BCUT2D eigenvalue weighted by Gasteiger charge is -2.26. The van der Waals surface area contributed by atoms with Crippen molar-refractivity contribution in [1.82, 2.24) is 9.88 Å². The number of hydrogen-bond acceptors (Lipinski definition) is 6. The molecule has 6 nitrogen and oxygen atoms in total. The number of amides is 2. The lowest BCUT2D eigenvalue weighted by molar-refractivity contribution is 0.0736. The Morgan fingerprint density at radius 1 is 1.14 bits per heavy atom. The molecule has 2 aromatic heterocycles. The summed E-state index contributed by atoms with van der Waals surface area (Å²) in [7, 11) is 3.95. The average Bonchev–Trinajstić information content (AvgIpc) is 3.36. The Morgan fingerprint density at radius 2 is 1.93 bits per heavy atom. The van der Waals surface area contributed by atoms with Crippen molar-refractivity contribution >= 4 is 45.3 Å². The largest absolute Gasteiger partial charge is 0.378 e. The quantitative estimate of drug-likeness (QED) is 0.709. The van der Waals surface area contributed by atoms with Gasteiger partial charge in [0.15, 0.2) is 5.13 Å². The van der Waals surface area contributed by atoms with Gasteiger partial charge in [-0.1, -0.05) is 11.3 Å². The predicted octanol–water partition coefficient (Wildman–Crippen LogP) is 3.72. The van der Waals surface area contributed by atoms with Crippen molar-refractivity contribution in [3.05, 3.63) is 62.8 Å². The lowest BCUT2D eigenvalue weighted by Crippen LogP contribution is -2.35. The molecule has 1 aliphatic heterocycles. The van der Waals surface area contributed by atoms with E-state index in [1.807, 2.05) is 58.9 Å². The van der Waals surface area contributed by atoms with E-state index in [1.54, 1.807) is 6.07 Å². The van der Waals surface area contributed by atoms with Gasteiger partial charge >= 0.3 is 0 Å². The molecule has 0 saturated carbocycles. The summed E-state index contributed by atoms with van der Waals surface area (Å²) in [5.41, 5.74) is 3.35. The van der Waals surface area contributed by atoms with Crippen molar-refractivity contribution in [2.75, 3.05) is 30.9 Å². The standard InChI is InChI=1S/C20H20N4O2S2/c1-23(2)15-5-3-13(4-6-15)19(26)24-9-7-16-17(11-24)28-20(21-16)22-18(25)14-8-10-27-12-14/h3-6,8,10,12H,7,9,11H2,1-2H3,(H,21,22,25). The van der Waals surface area contributed by atoms with Crippen molar-refractivity contribution in [2.24, 2.45) is 0 Å². The van der Waals surface area contributed by atoms with Crippen LogP contribution in [-0.2, 0) is 13.0 Å². The number of thiazole rings is 1. The summed E-state index contributed by atoms with van der Waals surface area (Å²) in [5, 5.41) is 7.13. The molecule has 3 aromatic rings. The lowest BCUT2D eigenvalue weighted by atomic mass is 10.1. The summed E-state index contributed by atoms with van der Waals surface area (Å²) in [6, 6.07) is 9.43. The molecule has 0 bridgehead atoms. The Labute approximate surface area is 171 Å².